The molecule has 0 aromatic rings. The van der Waals surface area contributed by atoms with Crippen LogP contribution in [0.25, 0.3) is 0 Å². The van der Waals surface area contributed by atoms with E-state index < -0.39 is 84.0 Å². The van der Waals surface area contributed by atoms with Crippen molar-refractivity contribution in [3.63, 3.8) is 0 Å². The third kappa shape index (κ3) is 4.44. The van der Waals surface area contributed by atoms with Gasteiger partial charge in [-0.25, -0.2) is 4.79 Å². The van der Waals surface area contributed by atoms with Crippen LogP contribution < -0.4 is 0 Å². The van der Waals surface area contributed by atoms with Crippen molar-refractivity contribution in [1.82, 2.24) is 0 Å². The molecule has 0 bridgehead atoms. The normalized spacial score (nSPS) is 50.3. The van der Waals surface area contributed by atoms with Gasteiger partial charge in [-0.15, -0.1) is 0 Å². The molecule has 6 aliphatic rings. The van der Waals surface area contributed by atoms with Gasteiger partial charge in [0.2, 0.25) is 0 Å². The van der Waals surface area contributed by atoms with Gasteiger partial charge >= 0.3 is 5.97 Å². The number of allylic oxidation sites excluding steroid dienone is 4. The Hall–Kier alpha value is -2.03. The monoisotopic (exact) mass is 606 g/mol. The van der Waals surface area contributed by atoms with Crippen LogP contribution in [-0.2, 0) is 33.3 Å². The fourth-order valence-electron chi connectivity index (χ4n) is 9.46. The third-order valence-corrected chi connectivity index (χ3v) is 11.4. The number of aliphatic hydroxyl groups excluding tert-OH is 4. The summed E-state index contributed by atoms with van der Waals surface area (Å²) in [7, 11) is 0. The highest BCUT2D eigenvalue weighted by molar-refractivity contribution is 6.01. The van der Waals surface area contributed by atoms with Crippen molar-refractivity contribution in [2.45, 2.75) is 114 Å². The smallest absolute Gasteiger partial charge is 0.335 e. The topological polar surface area (TPSA) is 189 Å². The maximum atomic E-state index is 14.3. The standard InChI is InChI=1S/C31H42O12/c1-4-5-21-41-20-11-17-16-7-6-14-10-15(32)8-9-29(14,2)22(16)18(33)12-30(17,3)31(20,43-21)19(34)13-40-28-25(37)23(35)24(36)26(42-28)27(38)39/h8-10,16-18,20-26,28,33,35-37H,4-7,11-13H2,1-3H3,(H,38,39)/t16?,17?,18?,20-,21?,22?,23-,24-,25+,26-,28+,29-,30-,31+/m0/s1. The average Bonchev–Trinajstić information content (AvgIpc) is 3.43. The second-order valence-electron chi connectivity index (χ2n) is 13.6. The maximum Gasteiger partial charge on any atom is 0.335 e. The number of carbonyl (C=O) groups is 3. The van der Waals surface area contributed by atoms with E-state index in [0.717, 1.165) is 18.4 Å². The number of carbonyl (C=O) groups excluding carboxylic acids is 2. The first-order valence-electron chi connectivity index (χ1n) is 15.3. The van der Waals surface area contributed by atoms with Crippen LogP contribution in [0.4, 0.5) is 0 Å². The molecule has 6 rings (SSSR count). The van der Waals surface area contributed by atoms with E-state index in [0.29, 0.717) is 19.3 Å². The molecule has 2 aliphatic heterocycles. The predicted octanol–water partition coefficient (Wildman–Crippen LogP) is 0.633. The second-order valence-corrected chi connectivity index (χ2v) is 13.6. The molecule has 12 heteroatoms. The van der Waals surface area contributed by atoms with Crippen LogP contribution >= 0.6 is 0 Å². The summed E-state index contributed by atoms with van der Waals surface area (Å²) in [5.41, 5.74) is -1.79. The lowest BCUT2D eigenvalue weighted by Crippen LogP contribution is -2.64. The number of Topliss-reactive ketones (excluding diaryl/α,β-unsaturated/α-hetero) is 1. The van der Waals surface area contributed by atoms with E-state index in [1.54, 1.807) is 12.2 Å². The predicted molar refractivity (Wildman–Crippen MR) is 146 cm³/mol. The Labute approximate surface area is 249 Å². The molecule has 5 N–H and O–H groups in total. The van der Waals surface area contributed by atoms with Crippen LogP contribution in [0.5, 0.6) is 0 Å². The van der Waals surface area contributed by atoms with Crippen LogP contribution in [0.15, 0.2) is 23.8 Å². The first-order valence-corrected chi connectivity index (χ1v) is 15.3. The number of ether oxygens (including phenoxy) is 4. The van der Waals surface area contributed by atoms with E-state index in [4.69, 9.17) is 18.9 Å². The van der Waals surface area contributed by atoms with E-state index >= 15 is 0 Å². The Morgan fingerprint density at radius 2 is 1.84 bits per heavy atom. The number of aliphatic carboxylic acids is 1. The summed E-state index contributed by atoms with van der Waals surface area (Å²) in [5.74, 6) is -2.27. The maximum absolute atomic E-state index is 14.3. The zero-order valence-electron chi connectivity index (χ0n) is 24.6. The Kier molecular flexibility index (Phi) is 7.78. The van der Waals surface area contributed by atoms with Gasteiger partial charge in [0.15, 0.2) is 35.9 Å². The summed E-state index contributed by atoms with van der Waals surface area (Å²) >= 11 is 0. The molecule has 0 radical (unpaired) electrons. The van der Waals surface area contributed by atoms with E-state index in [9.17, 15) is 39.9 Å². The molecule has 14 atom stereocenters. The van der Waals surface area contributed by atoms with E-state index in [1.807, 2.05) is 19.9 Å². The molecular weight excluding hydrogens is 564 g/mol. The van der Waals surface area contributed by atoms with Crippen molar-refractivity contribution >= 4 is 17.5 Å². The highest BCUT2D eigenvalue weighted by Crippen LogP contribution is 2.69. The fraction of sp³-hybridized carbons (Fsp3) is 0.774. The Balaban J connectivity index is 1.29. The van der Waals surface area contributed by atoms with Gasteiger partial charge in [-0.3, -0.25) is 9.59 Å². The number of aliphatic hydroxyl groups is 4. The number of ketones is 2. The first kappa shape index (κ1) is 31.0. The fourth-order valence-corrected chi connectivity index (χ4v) is 9.46. The SMILES string of the molecule is CCCC1O[C@H]2CC3C4CCC5=CC(=O)C=C[C@]5(C)C4C(O)C[C@]3(C)[C@]2(C(=O)CO[C@@H]2O[C@H](C(=O)O)[C@@H](O)[C@H](O)[C@H]2O)O1. The summed E-state index contributed by atoms with van der Waals surface area (Å²) in [6.45, 7) is 5.38. The van der Waals surface area contributed by atoms with Gasteiger partial charge in [0.05, 0.1) is 12.2 Å². The number of carboxylic acids is 1. The Bertz CT molecular complexity index is 1230. The number of hydrogen-bond acceptors (Lipinski definition) is 11. The molecule has 238 valence electrons. The van der Waals surface area contributed by atoms with Gasteiger partial charge in [-0.1, -0.05) is 38.8 Å². The lowest BCUT2D eigenvalue weighted by atomic mass is 9.46. The van der Waals surface area contributed by atoms with Crippen LogP contribution in [-0.4, -0.2) is 104 Å². The molecule has 5 fully saturated rings. The average molecular weight is 607 g/mol. The lowest BCUT2D eigenvalue weighted by Gasteiger charge is -2.59. The highest BCUT2D eigenvalue weighted by atomic mass is 16.7. The van der Waals surface area contributed by atoms with Gasteiger partial charge in [-0.05, 0) is 56.1 Å². The summed E-state index contributed by atoms with van der Waals surface area (Å²) in [6, 6.07) is 0. The van der Waals surface area contributed by atoms with Crippen molar-refractivity contribution in [1.29, 1.82) is 0 Å². The highest BCUT2D eigenvalue weighted by Gasteiger charge is 2.75. The molecule has 5 unspecified atom stereocenters. The minimum Gasteiger partial charge on any atom is -0.479 e. The van der Waals surface area contributed by atoms with Crippen LogP contribution in [0, 0.1) is 28.6 Å². The molecule has 3 saturated carbocycles. The molecule has 4 aliphatic carbocycles. The zero-order chi connectivity index (χ0) is 31.1. The van der Waals surface area contributed by atoms with Crippen molar-refractivity contribution in [3.8, 4) is 0 Å². The Morgan fingerprint density at radius 3 is 2.53 bits per heavy atom. The Morgan fingerprint density at radius 1 is 1.09 bits per heavy atom. The molecule has 0 aromatic carbocycles. The molecule has 0 spiro atoms. The summed E-state index contributed by atoms with van der Waals surface area (Å²) in [6.07, 6.45) is -2.43. The zero-order valence-corrected chi connectivity index (χ0v) is 24.6. The number of fused-ring (bicyclic) bond motifs is 7. The van der Waals surface area contributed by atoms with Crippen molar-refractivity contribution in [3.05, 3.63) is 23.8 Å². The summed E-state index contributed by atoms with van der Waals surface area (Å²) in [4.78, 5) is 38.0. The van der Waals surface area contributed by atoms with Crippen LogP contribution in [0.3, 0.4) is 0 Å². The van der Waals surface area contributed by atoms with Crippen molar-refractivity contribution in [2.75, 3.05) is 6.61 Å². The van der Waals surface area contributed by atoms with Gasteiger partial charge in [0.25, 0.3) is 0 Å². The molecule has 0 amide bonds. The number of rotatable bonds is 7. The largest absolute Gasteiger partial charge is 0.479 e. The van der Waals surface area contributed by atoms with Crippen molar-refractivity contribution in [2.24, 2.45) is 28.6 Å². The van der Waals surface area contributed by atoms with E-state index in [-0.39, 0.29) is 30.0 Å². The first-order chi connectivity index (χ1) is 20.3. The molecule has 0 aromatic heterocycles. The van der Waals surface area contributed by atoms with Crippen LogP contribution in [0.1, 0.15) is 59.3 Å². The quantitative estimate of drug-likeness (QED) is 0.272. The lowest BCUT2D eigenvalue weighted by molar-refractivity contribution is -0.293. The van der Waals surface area contributed by atoms with Crippen molar-refractivity contribution < 1.29 is 58.9 Å². The summed E-state index contributed by atoms with van der Waals surface area (Å²) < 4.78 is 23.8. The van der Waals surface area contributed by atoms with Gasteiger partial charge in [0.1, 0.15) is 24.9 Å². The third-order valence-electron chi connectivity index (χ3n) is 11.4. The molecule has 2 heterocycles. The molecule has 2 saturated heterocycles. The van der Waals surface area contributed by atoms with E-state index in [1.165, 1.54) is 0 Å². The summed E-state index contributed by atoms with van der Waals surface area (Å²) in [5, 5.41) is 51.9. The molecular formula is C31H42O12. The number of hydrogen-bond donors (Lipinski definition) is 5. The number of carboxylic acid groups (broad SMARTS) is 1. The second kappa shape index (κ2) is 10.8. The van der Waals surface area contributed by atoms with Crippen LogP contribution in [0.2, 0.25) is 0 Å². The van der Waals surface area contributed by atoms with Gasteiger partial charge in [0, 0.05) is 16.7 Å². The van der Waals surface area contributed by atoms with Gasteiger partial charge in [-0.2, -0.15) is 0 Å². The van der Waals surface area contributed by atoms with E-state index in [2.05, 4.69) is 6.92 Å². The van der Waals surface area contributed by atoms with Gasteiger partial charge < -0.3 is 44.5 Å². The molecule has 43 heavy (non-hydrogen) atoms. The molecule has 12 nitrogen and oxygen atoms in total. The minimum absolute atomic E-state index is 0.0261. The minimum atomic E-state index is -1.89.